The number of hydrogen-bond donors (Lipinski definition) is 2. The van der Waals surface area contributed by atoms with Gasteiger partial charge >= 0.3 is 18.2 Å². The Hall–Kier alpha value is -4.54. The Kier molecular flexibility index (Phi) is 8.77. The van der Waals surface area contributed by atoms with E-state index in [4.69, 9.17) is 18.9 Å². The van der Waals surface area contributed by atoms with E-state index in [1.54, 1.807) is 77.9 Å². The van der Waals surface area contributed by atoms with Crippen LogP contribution in [0.2, 0.25) is 0 Å². The predicted molar refractivity (Wildman–Crippen MR) is 150 cm³/mol. The molecule has 1 aromatic heterocycles. The second-order valence-electron chi connectivity index (χ2n) is 10.9. The van der Waals surface area contributed by atoms with E-state index >= 15 is 0 Å². The van der Waals surface area contributed by atoms with Crippen LogP contribution in [-0.4, -0.2) is 53.7 Å². The number of carbonyl (C=O) groups is 3. The Morgan fingerprint density at radius 1 is 0.875 bits per heavy atom. The molecule has 0 aliphatic heterocycles. The summed E-state index contributed by atoms with van der Waals surface area (Å²) in [6.45, 7) is 10.1. The molecule has 1 heterocycles. The Labute approximate surface area is 233 Å². The molecule has 11 heteroatoms. The Balaban J connectivity index is 2.06. The highest BCUT2D eigenvalue weighted by atomic mass is 16.6. The van der Waals surface area contributed by atoms with Crippen molar-refractivity contribution in [2.24, 2.45) is 0 Å². The summed E-state index contributed by atoms with van der Waals surface area (Å²) in [5.74, 6) is -0.295. The normalized spacial score (nSPS) is 12.3. The lowest BCUT2D eigenvalue weighted by molar-refractivity contribution is -0.138. The zero-order chi connectivity index (χ0) is 29.8. The fourth-order valence-corrected chi connectivity index (χ4v) is 3.82. The van der Waals surface area contributed by atoms with Gasteiger partial charge in [0.25, 0.3) is 0 Å². The van der Waals surface area contributed by atoms with Gasteiger partial charge in [-0.2, -0.15) is 4.90 Å². The average Bonchev–Trinajstić information content (AvgIpc) is 2.84. The third-order valence-electron chi connectivity index (χ3n) is 5.44. The first-order valence-corrected chi connectivity index (χ1v) is 12.5. The quantitative estimate of drug-likeness (QED) is 0.350. The number of anilines is 2. The van der Waals surface area contributed by atoms with Crippen LogP contribution < -0.4 is 19.7 Å². The van der Waals surface area contributed by atoms with E-state index in [9.17, 15) is 19.5 Å². The lowest BCUT2D eigenvalue weighted by atomic mass is 10.0. The number of benzene rings is 2. The van der Waals surface area contributed by atoms with E-state index in [1.165, 1.54) is 26.6 Å². The zero-order valence-corrected chi connectivity index (χ0v) is 23.9. The fraction of sp³-hybridized carbons (Fsp3) is 0.379. The van der Waals surface area contributed by atoms with Crippen molar-refractivity contribution in [3.63, 3.8) is 0 Å². The SMILES string of the molecule is COc1ccc(OC)c(C(Nc2ccc3c(N(C(=O)OC(C)(C)C)C(=O)OC(C)(C)C)cncc3c2)C(=O)O)c1. The van der Waals surface area contributed by atoms with Crippen LogP contribution in [0.3, 0.4) is 0 Å². The standard InChI is InChI=1S/C29H35N3O8/c1-28(2,3)39-26(35)32(27(36)40-29(4,5)6)22-16-30-15-17-13-18(9-11-20(17)22)31-24(25(33)34)21-14-19(37-7)10-12-23(21)38-8/h9-16,24,31H,1-8H3,(H,33,34). The maximum absolute atomic E-state index is 13.2. The number of carboxylic acids is 1. The number of nitrogens with one attached hydrogen (secondary N) is 1. The summed E-state index contributed by atoms with van der Waals surface area (Å²) in [7, 11) is 2.94. The molecule has 0 saturated carbocycles. The summed E-state index contributed by atoms with van der Waals surface area (Å²) >= 11 is 0. The minimum Gasteiger partial charge on any atom is -0.497 e. The van der Waals surface area contributed by atoms with Crippen molar-refractivity contribution in [1.82, 2.24) is 4.98 Å². The number of pyridine rings is 1. The molecule has 2 N–H and O–H groups in total. The molecule has 2 aromatic carbocycles. The molecule has 0 fully saturated rings. The third kappa shape index (κ3) is 7.31. The number of carbonyl (C=O) groups excluding carboxylic acids is 2. The van der Waals surface area contributed by atoms with Crippen molar-refractivity contribution in [3.05, 3.63) is 54.4 Å². The van der Waals surface area contributed by atoms with Gasteiger partial charge < -0.3 is 29.4 Å². The van der Waals surface area contributed by atoms with E-state index in [-0.39, 0.29) is 5.69 Å². The number of imide groups is 1. The zero-order valence-electron chi connectivity index (χ0n) is 23.9. The highest BCUT2D eigenvalue weighted by Crippen LogP contribution is 2.34. The van der Waals surface area contributed by atoms with Gasteiger partial charge in [-0.25, -0.2) is 14.4 Å². The molecule has 0 radical (unpaired) electrons. The van der Waals surface area contributed by atoms with Gasteiger partial charge in [0.15, 0.2) is 6.04 Å². The van der Waals surface area contributed by atoms with Gasteiger partial charge in [-0.3, -0.25) is 4.98 Å². The molecule has 0 bridgehead atoms. The lowest BCUT2D eigenvalue weighted by Crippen LogP contribution is -2.44. The van der Waals surface area contributed by atoms with Gasteiger partial charge in [-0.15, -0.1) is 0 Å². The summed E-state index contributed by atoms with van der Waals surface area (Å²) in [5, 5.41) is 14.1. The second-order valence-corrected chi connectivity index (χ2v) is 10.9. The summed E-state index contributed by atoms with van der Waals surface area (Å²) in [6, 6.07) is 8.66. The number of amides is 2. The van der Waals surface area contributed by atoms with Crippen LogP contribution in [0.15, 0.2) is 48.8 Å². The van der Waals surface area contributed by atoms with Gasteiger partial charge in [0.05, 0.1) is 26.1 Å². The van der Waals surface area contributed by atoms with Crippen LogP contribution in [0.5, 0.6) is 11.5 Å². The minimum absolute atomic E-state index is 0.150. The van der Waals surface area contributed by atoms with Crippen LogP contribution in [0.4, 0.5) is 21.0 Å². The molecule has 214 valence electrons. The minimum atomic E-state index is -1.18. The van der Waals surface area contributed by atoms with Gasteiger partial charge in [0, 0.05) is 28.2 Å². The van der Waals surface area contributed by atoms with Crippen molar-refractivity contribution >= 4 is 40.3 Å². The van der Waals surface area contributed by atoms with Crippen LogP contribution >= 0.6 is 0 Å². The molecule has 0 saturated heterocycles. The number of carboxylic acid groups (broad SMARTS) is 1. The maximum atomic E-state index is 13.2. The van der Waals surface area contributed by atoms with Crippen LogP contribution in [0.25, 0.3) is 10.8 Å². The molecule has 0 spiro atoms. The molecule has 3 aromatic rings. The molecule has 11 nitrogen and oxygen atoms in total. The molecular weight excluding hydrogens is 518 g/mol. The Bertz CT molecular complexity index is 1380. The molecule has 3 rings (SSSR count). The summed E-state index contributed by atoms with van der Waals surface area (Å²) < 4.78 is 21.6. The summed E-state index contributed by atoms with van der Waals surface area (Å²) in [4.78, 5) is 43.6. The molecule has 0 aliphatic carbocycles. The van der Waals surface area contributed by atoms with Gasteiger partial charge in [-0.05, 0) is 71.9 Å². The lowest BCUT2D eigenvalue weighted by Gasteiger charge is -2.29. The number of aromatic nitrogens is 1. The predicted octanol–water partition coefficient (Wildman–Crippen LogP) is 6.17. The number of rotatable bonds is 7. The first kappa shape index (κ1) is 30.0. The molecule has 2 amide bonds. The first-order chi connectivity index (χ1) is 18.6. The molecule has 1 unspecified atom stereocenters. The number of aliphatic carboxylic acids is 1. The average molecular weight is 554 g/mol. The van der Waals surface area contributed by atoms with Gasteiger partial charge in [0.2, 0.25) is 0 Å². The number of hydrogen-bond acceptors (Lipinski definition) is 9. The van der Waals surface area contributed by atoms with E-state index in [0.29, 0.717) is 33.5 Å². The van der Waals surface area contributed by atoms with Gasteiger partial charge in [0.1, 0.15) is 22.7 Å². The van der Waals surface area contributed by atoms with Crippen molar-refractivity contribution in [3.8, 4) is 11.5 Å². The van der Waals surface area contributed by atoms with Crippen molar-refractivity contribution in [1.29, 1.82) is 0 Å². The molecule has 1 atom stereocenters. The van der Waals surface area contributed by atoms with E-state index in [1.807, 2.05) is 0 Å². The number of nitrogens with zero attached hydrogens (tertiary/aromatic N) is 2. The second kappa shape index (κ2) is 11.7. The van der Waals surface area contributed by atoms with E-state index < -0.39 is 35.4 Å². The topological polar surface area (TPSA) is 137 Å². The van der Waals surface area contributed by atoms with Crippen molar-refractivity contribution < 1.29 is 38.4 Å². The van der Waals surface area contributed by atoms with E-state index in [0.717, 1.165) is 4.90 Å². The highest BCUT2D eigenvalue weighted by Gasteiger charge is 2.34. The van der Waals surface area contributed by atoms with E-state index in [2.05, 4.69) is 10.3 Å². The molecular formula is C29H35N3O8. The largest absolute Gasteiger partial charge is 0.497 e. The summed E-state index contributed by atoms with van der Waals surface area (Å²) in [5.41, 5.74) is -0.789. The van der Waals surface area contributed by atoms with Crippen LogP contribution in [0, 0.1) is 0 Å². The van der Waals surface area contributed by atoms with Crippen molar-refractivity contribution in [2.75, 3.05) is 24.4 Å². The Morgan fingerprint density at radius 2 is 1.50 bits per heavy atom. The number of ether oxygens (including phenoxy) is 4. The Morgan fingerprint density at radius 3 is 2.02 bits per heavy atom. The van der Waals surface area contributed by atoms with Crippen molar-refractivity contribution in [2.45, 2.75) is 58.8 Å². The highest BCUT2D eigenvalue weighted by molar-refractivity contribution is 6.15. The van der Waals surface area contributed by atoms with Gasteiger partial charge in [-0.1, -0.05) is 6.07 Å². The maximum Gasteiger partial charge on any atom is 0.424 e. The fourth-order valence-electron chi connectivity index (χ4n) is 3.82. The number of fused-ring (bicyclic) bond motifs is 1. The monoisotopic (exact) mass is 553 g/mol. The molecule has 0 aliphatic rings. The summed E-state index contributed by atoms with van der Waals surface area (Å²) in [6.07, 6.45) is 1.06. The smallest absolute Gasteiger partial charge is 0.424 e. The number of methoxy groups -OCH3 is 2. The van der Waals surface area contributed by atoms with Crippen LogP contribution in [-0.2, 0) is 14.3 Å². The molecule has 40 heavy (non-hydrogen) atoms. The van der Waals surface area contributed by atoms with Crippen LogP contribution in [0.1, 0.15) is 53.1 Å². The third-order valence-corrected chi connectivity index (χ3v) is 5.44. The first-order valence-electron chi connectivity index (χ1n) is 12.5.